The minimum absolute atomic E-state index is 0.0397. The summed E-state index contributed by atoms with van der Waals surface area (Å²) < 4.78 is 5.31. The Morgan fingerprint density at radius 2 is 2.12 bits per heavy atom. The first-order chi connectivity index (χ1) is 7.65. The average molecular weight is 223 g/mol. The quantitative estimate of drug-likeness (QED) is 0.784. The molecule has 5 heteroatoms. The third kappa shape index (κ3) is 2.55. The Morgan fingerprint density at radius 1 is 1.44 bits per heavy atom. The molecule has 0 atom stereocenters. The molecule has 0 saturated carbocycles. The predicted octanol–water partition coefficient (Wildman–Crippen LogP) is 0.559. The van der Waals surface area contributed by atoms with E-state index in [1.54, 1.807) is 6.07 Å². The van der Waals surface area contributed by atoms with Crippen molar-refractivity contribution in [2.75, 3.05) is 18.8 Å². The monoisotopic (exact) mass is 223 g/mol. The van der Waals surface area contributed by atoms with Gasteiger partial charge in [-0.2, -0.15) is 0 Å². The van der Waals surface area contributed by atoms with E-state index in [4.69, 9.17) is 15.9 Å². The molecule has 1 aromatic rings. The Morgan fingerprint density at radius 3 is 2.62 bits per heavy atom. The summed E-state index contributed by atoms with van der Waals surface area (Å²) in [5.41, 5.74) is 10.8. The molecule has 2 rings (SSSR count). The molecule has 88 valence electrons. The first kappa shape index (κ1) is 11.0. The summed E-state index contributed by atoms with van der Waals surface area (Å²) in [5, 5.41) is 0. The molecule has 1 aliphatic heterocycles. The number of hydrogen-bond donors (Lipinski definition) is 2. The van der Waals surface area contributed by atoms with Crippen LogP contribution in [0.2, 0.25) is 0 Å². The molecule has 16 heavy (non-hydrogen) atoms. The zero-order chi connectivity index (χ0) is 11.5. The summed E-state index contributed by atoms with van der Waals surface area (Å²) in [6.45, 7) is 2.52. The fraction of sp³-hybridized carbons (Fsp3) is 0.545. The smallest absolute Gasteiger partial charge is 0.220 e. The number of furan rings is 1. The highest BCUT2D eigenvalue weighted by Crippen LogP contribution is 2.19. The number of amides is 1. The minimum Gasteiger partial charge on any atom is -0.445 e. The van der Waals surface area contributed by atoms with E-state index in [0.29, 0.717) is 5.88 Å². The van der Waals surface area contributed by atoms with Crippen LogP contribution in [-0.4, -0.2) is 23.9 Å². The first-order valence-corrected chi connectivity index (χ1v) is 5.51. The van der Waals surface area contributed by atoms with Crippen LogP contribution in [0, 0.1) is 5.92 Å². The molecule has 1 aromatic heterocycles. The van der Waals surface area contributed by atoms with E-state index >= 15 is 0 Å². The number of nitrogens with two attached hydrogens (primary N) is 2. The summed E-state index contributed by atoms with van der Waals surface area (Å²) in [7, 11) is 0. The van der Waals surface area contributed by atoms with Gasteiger partial charge in [0.05, 0.1) is 6.54 Å². The van der Waals surface area contributed by atoms with Gasteiger partial charge in [0, 0.05) is 12.0 Å². The van der Waals surface area contributed by atoms with Crippen LogP contribution in [0.1, 0.15) is 18.6 Å². The second-order valence-corrected chi connectivity index (χ2v) is 4.26. The van der Waals surface area contributed by atoms with E-state index in [2.05, 4.69) is 4.90 Å². The lowest BCUT2D eigenvalue weighted by Crippen LogP contribution is -2.38. The SMILES string of the molecule is NC(=O)C1CCN(Cc2ccc(N)o2)CC1. The van der Waals surface area contributed by atoms with Crippen LogP contribution in [0.3, 0.4) is 0 Å². The molecule has 2 heterocycles. The standard InChI is InChI=1S/C11H17N3O2/c12-10-2-1-9(16-10)7-14-5-3-8(4-6-14)11(13)15/h1-2,8H,3-7,12H2,(H2,13,15). The fourth-order valence-corrected chi connectivity index (χ4v) is 2.08. The molecule has 0 bridgehead atoms. The van der Waals surface area contributed by atoms with Crippen molar-refractivity contribution < 1.29 is 9.21 Å². The third-order valence-electron chi connectivity index (χ3n) is 3.05. The van der Waals surface area contributed by atoms with Crippen molar-refractivity contribution in [3.8, 4) is 0 Å². The van der Waals surface area contributed by atoms with Gasteiger partial charge in [-0.15, -0.1) is 0 Å². The molecule has 0 spiro atoms. The van der Waals surface area contributed by atoms with E-state index in [0.717, 1.165) is 38.2 Å². The van der Waals surface area contributed by atoms with Gasteiger partial charge < -0.3 is 15.9 Å². The zero-order valence-corrected chi connectivity index (χ0v) is 9.19. The molecule has 0 aromatic carbocycles. The van der Waals surface area contributed by atoms with Gasteiger partial charge >= 0.3 is 0 Å². The van der Waals surface area contributed by atoms with Crippen molar-refractivity contribution in [2.45, 2.75) is 19.4 Å². The highest BCUT2D eigenvalue weighted by atomic mass is 16.4. The van der Waals surface area contributed by atoms with Crippen molar-refractivity contribution >= 4 is 11.8 Å². The molecule has 5 nitrogen and oxygen atoms in total. The number of rotatable bonds is 3. The lowest BCUT2D eigenvalue weighted by Gasteiger charge is -2.29. The van der Waals surface area contributed by atoms with Gasteiger partial charge in [-0.1, -0.05) is 0 Å². The zero-order valence-electron chi connectivity index (χ0n) is 9.19. The van der Waals surface area contributed by atoms with Crippen LogP contribution in [0.5, 0.6) is 0 Å². The number of piperidine rings is 1. The molecular formula is C11H17N3O2. The van der Waals surface area contributed by atoms with Crippen molar-refractivity contribution in [3.63, 3.8) is 0 Å². The highest BCUT2D eigenvalue weighted by Gasteiger charge is 2.23. The van der Waals surface area contributed by atoms with Gasteiger partial charge in [-0.05, 0) is 32.0 Å². The lowest BCUT2D eigenvalue weighted by atomic mass is 9.96. The number of primary amides is 1. The number of anilines is 1. The topological polar surface area (TPSA) is 85.5 Å². The van der Waals surface area contributed by atoms with E-state index in [-0.39, 0.29) is 11.8 Å². The van der Waals surface area contributed by atoms with Crippen LogP contribution < -0.4 is 11.5 Å². The van der Waals surface area contributed by atoms with E-state index in [9.17, 15) is 4.79 Å². The maximum Gasteiger partial charge on any atom is 0.220 e. The molecule has 0 unspecified atom stereocenters. The number of hydrogen-bond acceptors (Lipinski definition) is 4. The van der Waals surface area contributed by atoms with Crippen LogP contribution >= 0.6 is 0 Å². The van der Waals surface area contributed by atoms with Crippen molar-refractivity contribution in [1.82, 2.24) is 4.90 Å². The van der Waals surface area contributed by atoms with Gasteiger partial charge in [-0.3, -0.25) is 9.69 Å². The normalized spacial score (nSPS) is 18.8. The summed E-state index contributed by atoms with van der Waals surface area (Å²) in [5.74, 6) is 1.18. The minimum atomic E-state index is -0.179. The third-order valence-corrected chi connectivity index (χ3v) is 3.05. The van der Waals surface area contributed by atoms with Crippen LogP contribution in [0.25, 0.3) is 0 Å². The van der Waals surface area contributed by atoms with Gasteiger partial charge in [0.2, 0.25) is 5.91 Å². The number of likely N-dealkylation sites (tertiary alicyclic amines) is 1. The number of nitrogens with zero attached hydrogens (tertiary/aromatic N) is 1. The van der Waals surface area contributed by atoms with Crippen molar-refractivity contribution in [3.05, 3.63) is 17.9 Å². The van der Waals surface area contributed by atoms with Gasteiger partial charge in [-0.25, -0.2) is 0 Å². The summed E-state index contributed by atoms with van der Waals surface area (Å²) in [6, 6.07) is 3.64. The second-order valence-electron chi connectivity index (χ2n) is 4.26. The molecule has 0 aliphatic carbocycles. The van der Waals surface area contributed by atoms with Crippen molar-refractivity contribution in [1.29, 1.82) is 0 Å². The molecule has 1 aliphatic rings. The van der Waals surface area contributed by atoms with E-state index < -0.39 is 0 Å². The fourth-order valence-electron chi connectivity index (χ4n) is 2.08. The van der Waals surface area contributed by atoms with Gasteiger partial charge in [0.25, 0.3) is 0 Å². The Balaban J connectivity index is 1.83. The number of carbonyl (C=O) groups is 1. The summed E-state index contributed by atoms with van der Waals surface area (Å²) in [6.07, 6.45) is 1.68. The van der Waals surface area contributed by atoms with E-state index in [1.165, 1.54) is 0 Å². The Kier molecular flexibility index (Phi) is 3.14. The maximum absolute atomic E-state index is 11.0. The largest absolute Gasteiger partial charge is 0.445 e. The molecule has 1 fully saturated rings. The van der Waals surface area contributed by atoms with Crippen LogP contribution in [-0.2, 0) is 11.3 Å². The predicted molar refractivity (Wildman–Crippen MR) is 60.3 cm³/mol. The van der Waals surface area contributed by atoms with Gasteiger partial charge in [0.15, 0.2) is 5.88 Å². The maximum atomic E-state index is 11.0. The highest BCUT2D eigenvalue weighted by molar-refractivity contribution is 5.76. The molecule has 0 radical (unpaired) electrons. The Bertz CT molecular complexity index is 367. The molecule has 1 amide bonds. The Labute approximate surface area is 94.4 Å². The second kappa shape index (κ2) is 4.57. The van der Waals surface area contributed by atoms with Crippen LogP contribution in [0.15, 0.2) is 16.5 Å². The number of nitrogen functional groups attached to an aromatic ring is 1. The molecule has 1 saturated heterocycles. The summed E-state index contributed by atoms with van der Waals surface area (Å²) in [4.78, 5) is 13.2. The van der Waals surface area contributed by atoms with Gasteiger partial charge in [0.1, 0.15) is 5.76 Å². The van der Waals surface area contributed by atoms with E-state index in [1.807, 2.05) is 6.07 Å². The first-order valence-electron chi connectivity index (χ1n) is 5.51. The number of carbonyl (C=O) groups excluding carboxylic acids is 1. The van der Waals surface area contributed by atoms with Crippen molar-refractivity contribution in [2.24, 2.45) is 11.7 Å². The van der Waals surface area contributed by atoms with Crippen LogP contribution in [0.4, 0.5) is 5.88 Å². The Hall–Kier alpha value is -1.49. The summed E-state index contributed by atoms with van der Waals surface area (Å²) >= 11 is 0. The lowest BCUT2D eigenvalue weighted by molar-refractivity contribution is -0.123. The molecule has 4 N–H and O–H groups in total. The molecular weight excluding hydrogens is 206 g/mol. The average Bonchev–Trinajstić information content (AvgIpc) is 2.65.